The number of nitrogens with zero attached hydrogens (tertiary/aromatic N) is 3. The molecule has 0 amide bonds. The molecule has 0 aromatic carbocycles. The molecule has 1 aromatic heterocycles. The van der Waals surface area contributed by atoms with Crippen molar-refractivity contribution < 1.29 is 22.7 Å². The Morgan fingerprint density at radius 2 is 2.12 bits per heavy atom. The van der Waals surface area contributed by atoms with Gasteiger partial charge in [0.15, 0.2) is 0 Å². The lowest BCUT2D eigenvalue weighted by molar-refractivity contribution is -0.143. The van der Waals surface area contributed by atoms with Crippen LogP contribution in [0.4, 0.5) is 19.0 Å². The van der Waals surface area contributed by atoms with Crippen LogP contribution in [0.25, 0.3) is 0 Å². The van der Waals surface area contributed by atoms with E-state index >= 15 is 0 Å². The van der Waals surface area contributed by atoms with E-state index in [1.54, 1.807) is 11.8 Å². The molecule has 2 heterocycles. The van der Waals surface area contributed by atoms with Gasteiger partial charge in [0.1, 0.15) is 22.6 Å². The number of fused-ring (bicyclic) bond motifs is 1. The second-order valence-corrected chi connectivity index (χ2v) is 6.57. The third-order valence-electron chi connectivity index (χ3n) is 4.78. The first-order valence-corrected chi connectivity index (χ1v) is 8.22. The van der Waals surface area contributed by atoms with Crippen LogP contribution < -0.4 is 4.90 Å². The van der Waals surface area contributed by atoms with Crippen molar-refractivity contribution in [2.75, 3.05) is 24.6 Å². The Bertz CT molecular complexity index is 735. The number of carbonyl (C=O) groups is 1. The Labute approximate surface area is 147 Å². The van der Waals surface area contributed by atoms with Gasteiger partial charge in [0, 0.05) is 19.5 Å². The predicted octanol–water partition coefficient (Wildman–Crippen LogP) is 3.26. The Hall–Kier alpha value is -2.01. The van der Waals surface area contributed by atoms with Crippen molar-refractivity contribution >= 4 is 23.4 Å². The summed E-state index contributed by atoms with van der Waals surface area (Å²) in [5, 5.41) is 8.45. The van der Waals surface area contributed by atoms with E-state index in [2.05, 4.69) is 4.98 Å². The van der Waals surface area contributed by atoms with Crippen molar-refractivity contribution in [2.45, 2.75) is 19.5 Å². The zero-order valence-electron chi connectivity index (χ0n) is 13.3. The van der Waals surface area contributed by atoms with Gasteiger partial charge in [-0.3, -0.25) is 4.79 Å². The van der Waals surface area contributed by atoms with Crippen LogP contribution in [0.15, 0.2) is 6.07 Å². The van der Waals surface area contributed by atoms with Crippen molar-refractivity contribution in [3.8, 4) is 6.07 Å². The maximum Gasteiger partial charge on any atom is 0.417 e. The number of alkyl halides is 3. The number of hydrogen-bond donors (Lipinski definition) is 0. The minimum atomic E-state index is -4.68. The molecule has 25 heavy (non-hydrogen) atoms. The summed E-state index contributed by atoms with van der Waals surface area (Å²) in [5.41, 5.74) is -1.74. The molecule has 0 N–H and O–H groups in total. The molecule has 3 atom stereocenters. The highest BCUT2D eigenvalue weighted by Gasteiger charge is 2.56. The van der Waals surface area contributed by atoms with Gasteiger partial charge in [0.05, 0.1) is 12.2 Å². The molecular formula is C16H15ClF3N3O2. The molecule has 0 bridgehead atoms. The van der Waals surface area contributed by atoms with Crippen LogP contribution in [0.1, 0.15) is 24.5 Å². The number of piperidine rings is 1. The Balaban J connectivity index is 1.73. The number of nitriles is 1. The van der Waals surface area contributed by atoms with Crippen LogP contribution in [0, 0.1) is 29.1 Å². The summed E-state index contributed by atoms with van der Waals surface area (Å²) in [6.07, 6.45) is -4.34. The lowest BCUT2D eigenvalue weighted by Gasteiger charge is -2.22. The summed E-state index contributed by atoms with van der Waals surface area (Å²) in [5.74, 6) is 0.571. The highest BCUT2D eigenvalue weighted by atomic mass is 35.5. The van der Waals surface area contributed by atoms with Gasteiger partial charge in [0.2, 0.25) is 0 Å². The van der Waals surface area contributed by atoms with Crippen LogP contribution in [0.2, 0.25) is 5.15 Å². The van der Waals surface area contributed by atoms with Crippen LogP contribution in [0.5, 0.6) is 0 Å². The average molecular weight is 374 g/mol. The predicted molar refractivity (Wildman–Crippen MR) is 82.9 cm³/mol. The zero-order valence-corrected chi connectivity index (χ0v) is 14.1. The van der Waals surface area contributed by atoms with Crippen LogP contribution in [-0.4, -0.2) is 30.6 Å². The highest BCUT2D eigenvalue weighted by molar-refractivity contribution is 6.30. The maximum atomic E-state index is 13.1. The van der Waals surface area contributed by atoms with E-state index < -0.39 is 22.5 Å². The van der Waals surface area contributed by atoms with Gasteiger partial charge >= 0.3 is 12.1 Å². The summed E-state index contributed by atoms with van der Waals surface area (Å²) in [4.78, 5) is 17.2. The minimum Gasteiger partial charge on any atom is -0.466 e. The molecule has 1 saturated heterocycles. The third kappa shape index (κ3) is 3.38. The van der Waals surface area contributed by atoms with Gasteiger partial charge in [-0.2, -0.15) is 18.4 Å². The monoisotopic (exact) mass is 373 g/mol. The molecule has 5 nitrogen and oxygen atoms in total. The van der Waals surface area contributed by atoms with Gasteiger partial charge < -0.3 is 9.64 Å². The molecular weight excluding hydrogens is 359 g/mol. The van der Waals surface area contributed by atoms with Gasteiger partial charge in [-0.15, -0.1) is 0 Å². The van der Waals surface area contributed by atoms with Gasteiger partial charge in [-0.25, -0.2) is 4.98 Å². The SMILES string of the molecule is CCOC(=O)C[C@H]1[C@H]2CN(c3cc(C(F)(F)F)c(C#N)c(Cl)n3)C[C@@H]12. The van der Waals surface area contributed by atoms with Gasteiger partial charge in [0.25, 0.3) is 0 Å². The number of rotatable bonds is 4. The molecule has 1 saturated carbocycles. The van der Waals surface area contributed by atoms with Crippen LogP contribution in [0.3, 0.4) is 0 Å². The number of aromatic nitrogens is 1. The molecule has 9 heteroatoms. The topological polar surface area (TPSA) is 66.2 Å². The smallest absolute Gasteiger partial charge is 0.417 e. The molecule has 0 spiro atoms. The largest absolute Gasteiger partial charge is 0.466 e. The first kappa shape index (κ1) is 17.8. The molecule has 134 valence electrons. The fourth-order valence-corrected chi connectivity index (χ4v) is 3.78. The Kier molecular flexibility index (Phi) is 4.54. The normalized spacial score (nSPS) is 24.6. The average Bonchev–Trinajstić information content (AvgIpc) is 2.96. The molecule has 1 aliphatic carbocycles. The second-order valence-electron chi connectivity index (χ2n) is 6.21. The van der Waals surface area contributed by atoms with E-state index in [4.69, 9.17) is 21.6 Å². The Morgan fingerprint density at radius 1 is 1.48 bits per heavy atom. The molecule has 1 aromatic rings. The number of carbonyl (C=O) groups excluding carboxylic acids is 1. The summed E-state index contributed by atoms with van der Waals surface area (Å²) < 4.78 is 44.3. The van der Waals surface area contributed by atoms with Crippen molar-refractivity contribution in [3.63, 3.8) is 0 Å². The first-order valence-electron chi connectivity index (χ1n) is 7.84. The second kappa shape index (κ2) is 6.37. The van der Waals surface area contributed by atoms with Crippen molar-refractivity contribution in [3.05, 3.63) is 22.3 Å². The lowest BCUT2D eigenvalue weighted by Crippen LogP contribution is -2.26. The fourth-order valence-electron chi connectivity index (χ4n) is 3.54. The number of esters is 1. The molecule has 0 radical (unpaired) electrons. The molecule has 3 rings (SSSR count). The number of hydrogen-bond acceptors (Lipinski definition) is 5. The summed E-state index contributed by atoms with van der Waals surface area (Å²) in [6, 6.07) is 2.33. The number of pyridine rings is 1. The van der Waals surface area contributed by atoms with Crippen LogP contribution >= 0.6 is 11.6 Å². The van der Waals surface area contributed by atoms with Gasteiger partial charge in [-0.05, 0) is 30.7 Å². The van der Waals surface area contributed by atoms with E-state index in [1.165, 1.54) is 6.07 Å². The third-order valence-corrected chi connectivity index (χ3v) is 5.06. The summed E-state index contributed by atoms with van der Waals surface area (Å²) in [7, 11) is 0. The molecule has 2 aliphatic rings. The molecule has 1 aliphatic heterocycles. The van der Waals surface area contributed by atoms with Crippen molar-refractivity contribution in [2.24, 2.45) is 17.8 Å². The lowest BCUT2D eigenvalue weighted by atomic mass is 10.1. The van der Waals surface area contributed by atoms with Crippen LogP contribution in [-0.2, 0) is 15.7 Å². The van der Waals surface area contributed by atoms with Crippen molar-refractivity contribution in [1.82, 2.24) is 4.98 Å². The molecule has 2 fully saturated rings. The zero-order chi connectivity index (χ0) is 18.4. The summed E-state index contributed by atoms with van der Waals surface area (Å²) >= 11 is 5.78. The maximum absolute atomic E-state index is 13.1. The fraction of sp³-hybridized carbons (Fsp3) is 0.562. The van der Waals surface area contributed by atoms with E-state index in [9.17, 15) is 18.0 Å². The van der Waals surface area contributed by atoms with E-state index in [0.29, 0.717) is 26.1 Å². The first-order chi connectivity index (χ1) is 11.8. The number of ether oxygens (including phenoxy) is 1. The van der Waals surface area contributed by atoms with E-state index in [0.717, 1.165) is 6.07 Å². The quantitative estimate of drug-likeness (QED) is 0.598. The van der Waals surface area contributed by atoms with E-state index in [-0.39, 0.29) is 29.5 Å². The van der Waals surface area contributed by atoms with E-state index in [1.807, 2.05) is 0 Å². The minimum absolute atomic E-state index is 0.110. The standard InChI is InChI=1S/C16H15ClF3N3O2/c1-2-25-14(24)3-8-10-6-23(7-11(8)10)13-4-12(16(18,19)20)9(5-21)15(17)22-13/h4,8,10-11H,2-3,6-7H2,1H3/t8-,10+,11-. The molecule has 0 unspecified atom stereocenters. The highest BCUT2D eigenvalue weighted by Crippen LogP contribution is 2.54. The van der Waals surface area contributed by atoms with Gasteiger partial charge in [-0.1, -0.05) is 11.6 Å². The Morgan fingerprint density at radius 3 is 2.64 bits per heavy atom. The summed E-state index contributed by atoms with van der Waals surface area (Å²) in [6.45, 7) is 3.11. The number of halogens is 4. The number of anilines is 1. The van der Waals surface area contributed by atoms with Crippen molar-refractivity contribution in [1.29, 1.82) is 5.26 Å².